The zero-order valence-corrected chi connectivity index (χ0v) is 9.84. The standard InChI is InChI=1S/C12H19FN2/c1-9-7-10(5-6-11(9)13)8-12(2,14)15(3)4/h5-7H,8,14H2,1-4H3. The van der Waals surface area contributed by atoms with Gasteiger partial charge in [0.15, 0.2) is 0 Å². The van der Waals surface area contributed by atoms with Crippen LogP contribution in [-0.2, 0) is 6.42 Å². The summed E-state index contributed by atoms with van der Waals surface area (Å²) in [5.74, 6) is -0.165. The zero-order valence-electron chi connectivity index (χ0n) is 9.84. The molecule has 1 rings (SSSR count). The molecule has 0 saturated carbocycles. The highest BCUT2D eigenvalue weighted by Gasteiger charge is 2.21. The summed E-state index contributed by atoms with van der Waals surface area (Å²) in [4.78, 5) is 1.96. The van der Waals surface area contributed by atoms with Crippen LogP contribution in [-0.4, -0.2) is 24.7 Å². The third kappa shape index (κ3) is 3.01. The molecular formula is C12H19FN2. The second kappa shape index (κ2) is 4.29. The number of benzene rings is 1. The van der Waals surface area contributed by atoms with E-state index < -0.39 is 5.66 Å². The first-order valence-electron chi connectivity index (χ1n) is 5.04. The Morgan fingerprint density at radius 1 is 1.40 bits per heavy atom. The van der Waals surface area contributed by atoms with E-state index in [1.807, 2.05) is 32.0 Å². The van der Waals surface area contributed by atoms with E-state index in [4.69, 9.17) is 5.73 Å². The van der Waals surface area contributed by atoms with Crippen molar-refractivity contribution in [2.24, 2.45) is 5.73 Å². The minimum Gasteiger partial charge on any atom is -0.313 e. The van der Waals surface area contributed by atoms with Crippen molar-refractivity contribution in [3.63, 3.8) is 0 Å². The topological polar surface area (TPSA) is 29.3 Å². The molecule has 0 amide bonds. The van der Waals surface area contributed by atoms with E-state index in [0.717, 1.165) is 5.56 Å². The van der Waals surface area contributed by atoms with Crippen molar-refractivity contribution in [2.75, 3.05) is 14.1 Å². The van der Waals surface area contributed by atoms with Crippen LogP contribution >= 0.6 is 0 Å². The van der Waals surface area contributed by atoms with Crippen molar-refractivity contribution in [3.8, 4) is 0 Å². The average molecular weight is 210 g/mol. The number of nitrogens with two attached hydrogens (primary N) is 1. The Balaban J connectivity index is 2.86. The maximum absolute atomic E-state index is 13.0. The molecular weight excluding hydrogens is 191 g/mol. The lowest BCUT2D eigenvalue weighted by atomic mass is 9.99. The molecule has 84 valence electrons. The van der Waals surface area contributed by atoms with E-state index in [1.54, 1.807) is 13.0 Å². The van der Waals surface area contributed by atoms with Crippen molar-refractivity contribution in [2.45, 2.75) is 25.9 Å². The Bertz CT molecular complexity index is 345. The Kier molecular flexibility index (Phi) is 3.47. The highest BCUT2D eigenvalue weighted by atomic mass is 19.1. The molecule has 0 heterocycles. The molecule has 0 saturated heterocycles. The van der Waals surface area contributed by atoms with E-state index in [1.165, 1.54) is 6.07 Å². The van der Waals surface area contributed by atoms with Crippen LogP contribution in [0.1, 0.15) is 18.1 Å². The SMILES string of the molecule is Cc1cc(CC(C)(N)N(C)C)ccc1F. The summed E-state index contributed by atoms with van der Waals surface area (Å²) in [6.45, 7) is 3.73. The zero-order chi connectivity index (χ0) is 11.6. The number of halogens is 1. The Morgan fingerprint density at radius 3 is 2.47 bits per heavy atom. The fourth-order valence-electron chi connectivity index (χ4n) is 1.39. The third-order valence-electron chi connectivity index (χ3n) is 2.81. The highest BCUT2D eigenvalue weighted by molar-refractivity contribution is 5.25. The summed E-state index contributed by atoms with van der Waals surface area (Å²) in [7, 11) is 3.88. The Hall–Kier alpha value is -0.930. The second-order valence-corrected chi connectivity index (χ2v) is 4.51. The maximum atomic E-state index is 13.0. The smallest absolute Gasteiger partial charge is 0.126 e. The summed E-state index contributed by atoms with van der Waals surface area (Å²) in [6.07, 6.45) is 0.709. The molecule has 0 bridgehead atoms. The predicted octanol–water partition coefficient (Wildman–Crippen LogP) is 1.91. The van der Waals surface area contributed by atoms with E-state index in [2.05, 4.69) is 0 Å². The van der Waals surface area contributed by atoms with Crippen LogP contribution in [0.2, 0.25) is 0 Å². The third-order valence-corrected chi connectivity index (χ3v) is 2.81. The fourth-order valence-corrected chi connectivity index (χ4v) is 1.39. The first kappa shape index (κ1) is 12.1. The molecule has 0 aliphatic rings. The van der Waals surface area contributed by atoms with E-state index in [0.29, 0.717) is 12.0 Å². The Labute approximate surface area is 90.9 Å². The fraction of sp³-hybridized carbons (Fsp3) is 0.500. The molecule has 15 heavy (non-hydrogen) atoms. The number of aryl methyl sites for hydroxylation is 1. The van der Waals surface area contributed by atoms with Gasteiger partial charge in [0, 0.05) is 6.42 Å². The Morgan fingerprint density at radius 2 is 2.00 bits per heavy atom. The second-order valence-electron chi connectivity index (χ2n) is 4.51. The highest BCUT2D eigenvalue weighted by Crippen LogP contribution is 2.15. The number of likely N-dealkylation sites (N-methyl/N-ethyl adjacent to an activating group) is 1. The number of hydrogen-bond donors (Lipinski definition) is 1. The molecule has 0 aliphatic heterocycles. The van der Waals surface area contributed by atoms with Gasteiger partial charge in [0.05, 0.1) is 5.66 Å². The van der Waals surface area contributed by atoms with Gasteiger partial charge >= 0.3 is 0 Å². The summed E-state index contributed by atoms with van der Waals surface area (Å²) in [6, 6.07) is 5.14. The minimum absolute atomic E-state index is 0.165. The van der Waals surface area contributed by atoms with Crippen molar-refractivity contribution >= 4 is 0 Å². The number of hydrogen-bond acceptors (Lipinski definition) is 2. The van der Waals surface area contributed by atoms with Crippen molar-refractivity contribution < 1.29 is 4.39 Å². The van der Waals surface area contributed by atoms with Crippen molar-refractivity contribution in [3.05, 3.63) is 35.1 Å². The largest absolute Gasteiger partial charge is 0.313 e. The van der Waals surface area contributed by atoms with Gasteiger partial charge in [-0.25, -0.2) is 4.39 Å². The average Bonchev–Trinajstić information content (AvgIpc) is 2.10. The van der Waals surface area contributed by atoms with Crippen LogP contribution in [0.3, 0.4) is 0 Å². The lowest BCUT2D eigenvalue weighted by Crippen LogP contribution is -2.51. The van der Waals surface area contributed by atoms with E-state index >= 15 is 0 Å². The van der Waals surface area contributed by atoms with E-state index in [9.17, 15) is 4.39 Å². The van der Waals surface area contributed by atoms with Crippen LogP contribution in [0.5, 0.6) is 0 Å². The van der Waals surface area contributed by atoms with Crippen LogP contribution in [0, 0.1) is 12.7 Å². The van der Waals surface area contributed by atoms with Gasteiger partial charge in [-0.2, -0.15) is 0 Å². The van der Waals surface area contributed by atoms with E-state index in [-0.39, 0.29) is 5.82 Å². The lowest BCUT2D eigenvalue weighted by Gasteiger charge is -2.32. The molecule has 1 aromatic rings. The molecule has 1 atom stereocenters. The summed E-state index contributed by atoms with van der Waals surface area (Å²) in [5, 5.41) is 0. The van der Waals surface area contributed by atoms with Gasteiger partial charge < -0.3 is 5.73 Å². The monoisotopic (exact) mass is 210 g/mol. The van der Waals surface area contributed by atoms with Gasteiger partial charge in [-0.3, -0.25) is 4.90 Å². The van der Waals surface area contributed by atoms with Crippen LogP contribution in [0.4, 0.5) is 4.39 Å². The van der Waals surface area contributed by atoms with Gasteiger partial charge in [-0.05, 0) is 45.1 Å². The molecule has 0 fully saturated rings. The molecule has 1 aromatic carbocycles. The molecule has 0 spiro atoms. The summed E-state index contributed by atoms with van der Waals surface area (Å²) in [5.41, 5.74) is 7.44. The van der Waals surface area contributed by atoms with Crippen molar-refractivity contribution in [1.82, 2.24) is 4.90 Å². The van der Waals surface area contributed by atoms with Gasteiger partial charge in [0.2, 0.25) is 0 Å². The quantitative estimate of drug-likeness (QED) is 0.772. The molecule has 1 unspecified atom stereocenters. The summed E-state index contributed by atoms with van der Waals surface area (Å²) < 4.78 is 13.0. The first-order chi connectivity index (χ1) is 6.83. The maximum Gasteiger partial charge on any atom is 0.126 e. The van der Waals surface area contributed by atoms with Gasteiger partial charge in [0.25, 0.3) is 0 Å². The first-order valence-corrected chi connectivity index (χ1v) is 5.04. The van der Waals surface area contributed by atoms with Crippen LogP contribution in [0.25, 0.3) is 0 Å². The van der Waals surface area contributed by atoms with Crippen LogP contribution < -0.4 is 5.73 Å². The number of rotatable bonds is 3. The number of nitrogens with zero attached hydrogens (tertiary/aromatic N) is 1. The summed E-state index contributed by atoms with van der Waals surface area (Å²) >= 11 is 0. The lowest BCUT2D eigenvalue weighted by molar-refractivity contribution is 0.180. The molecule has 2 N–H and O–H groups in total. The van der Waals surface area contributed by atoms with Gasteiger partial charge in [0.1, 0.15) is 5.82 Å². The van der Waals surface area contributed by atoms with Gasteiger partial charge in [-0.1, -0.05) is 12.1 Å². The normalized spacial score (nSPS) is 15.4. The predicted molar refractivity (Wildman–Crippen MR) is 61.1 cm³/mol. The minimum atomic E-state index is -0.399. The van der Waals surface area contributed by atoms with Crippen molar-refractivity contribution in [1.29, 1.82) is 0 Å². The molecule has 2 nitrogen and oxygen atoms in total. The van der Waals surface area contributed by atoms with Gasteiger partial charge in [-0.15, -0.1) is 0 Å². The molecule has 0 aliphatic carbocycles. The molecule has 3 heteroatoms. The molecule has 0 radical (unpaired) electrons. The van der Waals surface area contributed by atoms with Crippen LogP contribution in [0.15, 0.2) is 18.2 Å². The molecule has 0 aromatic heterocycles.